The zero-order chi connectivity index (χ0) is 15.9. The van der Waals surface area contributed by atoms with Crippen molar-refractivity contribution in [1.29, 1.82) is 0 Å². The summed E-state index contributed by atoms with van der Waals surface area (Å²) in [7, 11) is 2.06. The zero-order valence-corrected chi connectivity index (χ0v) is 14.4. The first-order valence-corrected chi connectivity index (χ1v) is 7.83. The number of oxazole rings is 1. The Balaban J connectivity index is 2.71. The molecule has 21 heavy (non-hydrogen) atoms. The summed E-state index contributed by atoms with van der Waals surface area (Å²) in [5.74, 6) is 2.47. The van der Waals surface area contributed by atoms with Gasteiger partial charge >= 0.3 is 0 Å². The Kier molecular flexibility index (Phi) is 6.72. The lowest BCUT2D eigenvalue weighted by molar-refractivity contribution is 0.382. The summed E-state index contributed by atoms with van der Waals surface area (Å²) in [6.45, 7) is 12.9. The molecular formula is C16H30N4O. The molecule has 1 rings (SSSR count). The molecular weight excluding hydrogens is 264 g/mol. The molecule has 0 spiro atoms. The normalized spacial score (nSPS) is 12.6. The lowest BCUT2D eigenvalue weighted by atomic mass is 9.94. The van der Waals surface area contributed by atoms with Gasteiger partial charge in [0.2, 0.25) is 5.89 Å². The minimum Gasteiger partial charge on any atom is -0.443 e. The topological polar surface area (TPSA) is 53.7 Å². The first kappa shape index (κ1) is 17.5. The van der Waals surface area contributed by atoms with Crippen LogP contribution in [0.25, 0.3) is 0 Å². The highest BCUT2D eigenvalue weighted by Crippen LogP contribution is 2.22. The number of aromatic nitrogens is 1. The van der Waals surface area contributed by atoms with Crippen LogP contribution in [0.4, 0.5) is 0 Å². The molecule has 0 amide bonds. The summed E-state index contributed by atoms with van der Waals surface area (Å²) < 4.78 is 5.77. The van der Waals surface area contributed by atoms with Gasteiger partial charge in [0.15, 0.2) is 5.96 Å². The Morgan fingerprint density at radius 1 is 1.38 bits per heavy atom. The van der Waals surface area contributed by atoms with Crippen LogP contribution in [0.3, 0.4) is 0 Å². The molecule has 0 aliphatic heterocycles. The van der Waals surface area contributed by atoms with Gasteiger partial charge in [-0.05, 0) is 13.3 Å². The zero-order valence-electron chi connectivity index (χ0n) is 14.4. The van der Waals surface area contributed by atoms with Gasteiger partial charge in [0.05, 0.1) is 6.20 Å². The molecule has 120 valence electrons. The fourth-order valence-electron chi connectivity index (χ4n) is 1.84. The number of guanidine groups is 1. The minimum absolute atomic E-state index is 0.0165. The van der Waals surface area contributed by atoms with E-state index in [1.165, 1.54) is 6.42 Å². The molecule has 5 heteroatoms. The van der Waals surface area contributed by atoms with Gasteiger partial charge < -0.3 is 14.6 Å². The first-order valence-electron chi connectivity index (χ1n) is 7.83. The maximum atomic E-state index is 5.77. The summed E-state index contributed by atoms with van der Waals surface area (Å²) in [4.78, 5) is 11.1. The average Bonchev–Trinajstić information content (AvgIpc) is 2.89. The third kappa shape index (κ3) is 5.78. The molecule has 1 aromatic rings. The fourth-order valence-corrected chi connectivity index (χ4v) is 1.84. The van der Waals surface area contributed by atoms with Crippen molar-refractivity contribution in [2.24, 2.45) is 4.99 Å². The van der Waals surface area contributed by atoms with Crippen molar-refractivity contribution in [3.63, 3.8) is 0 Å². The number of unbranched alkanes of at least 4 members (excludes halogenated alkanes) is 1. The van der Waals surface area contributed by atoms with Crippen LogP contribution >= 0.6 is 0 Å². The van der Waals surface area contributed by atoms with Crippen LogP contribution in [0.5, 0.6) is 0 Å². The molecule has 0 aromatic carbocycles. The van der Waals surface area contributed by atoms with Crippen molar-refractivity contribution >= 4 is 5.96 Å². The molecule has 0 bridgehead atoms. The van der Waals surface area contributed by atoms with E-state index in [1.807, 2.05) is 0 Å². The van der Waals surface area contributed by atoms with E-state index in [0.29, 0.717) is 12.4 Å². The van der Waals surface area contributed by atoms with Crippen molar-refractivity contribution in [3.05, 3.63) is 17.8 Å². The summed E-state index contributed by atoms with van der Waals surface area (Å²) >= 11 is 0. The van der Waals surface area contributed by atoms with E-state index in [4.69, 9.17) is 4.42 Å². The van der Waals surface area contributed by atoms with Crippen molar-refractivity contribution in [2.75, 3.05) is 20.1 Å². The summed E-state index contributed by atoms with van der Waals surface area (Å²) in [6, 6.07) is 0. The lowest BCUT2D eigenvalue weighted by Crippen LogP contribution is -2.39. The summed E-state index contributed by atoms with van der Waals surface area (Å²) in [5, 5.41) is 3.31. The van der Waals surface area contributed by atoms with E-state index < -0.39 is 0 Å². The van der Waals surface area contributed by atoms with Crippen molar-refractivity contribution in [3.8, 4) is 0 Å². The van der Waals surface area contributed by atoms with Crippen LogP contribution in [-0.2, 0) is 12.0 Å². The van der Waals surface area contributed by atoms with E-state index in [1.54, 1.807) is 6.20 Å². The highest BCUT2D eigenvalue weighted by molar-refractivity contribution is 5.79. The predicted molar refractivity (Wildman–Crippen MR) is 87.6 cm³/mol. The van der Waals surface area contributed by atoms with Crippen molar-refractivity contribution < 1.29 is 4.42 Å². The largest absolute Gasteiger partial charge is 0.443 e. The molecule has 0 aliphatic rings. The van der Waals surface area contributed by atoms with Crippen LogP contribution in [0.2, 0.25) is 0 Å². The van der Waals surface area contributed by atoms with Crippen molar-refractivity contribution in [2.45, 2.75) is 59.4 Å². The van der Waals surface area contributed by atoms with Gasteiger partial charge in [-0.25, -0.2) is 9.98 Å². The number of rotatable bonds is 6. The molecule has 0 fully saturated rings. The smallest absolute Gasteiger partial charge is 0.216 e. The van der Waals surface area contributed by atoms with Gasteiger partial charge in [-0.2, -0.15) is 0 Å². The van der Waals surface area contributed by atoms with Gasteiger partial charge in [-0.3, -0.25) is 0 Å². The molecule has 0 aliphatic carbocycles. The number of aliphatic imine (C=N–C) groups is 1. The minimum atomic E-state index is -0.0165. The van der Waals surface area contributed by atoms with E-state index in [-0.39, 0.29) is 5.41 Å². The Morgan fingerprint density at radius 2 is 2.10 bits per heavy atom. The Bertz CT molecular complexity index is 445. The molecule has 0 unspecified atom stereocenters. The van der Waals surface area contributed by atoms with Crippen molar-refractivity contribution in [1.82, 2.24) is 15.2 Å². The SMILES string of the molecule is CCCCN(C)C(=NCc1ncc(C(C)(C)C)o1)NCC. The van der Waals surface area contributed by atoms with Gasteiger partial charge in [0.25, 0.3) is 0 Å². The maximum Gasteiger partial charge on any atom is 0.216 e. The standard InChI is InChI=1S/C16H30N4O/c1-7-9-10-20(6)15(17-8-2)19-12-14-18-11-13(21-14)16(3,4)5/h11H,7-10,12H2,1-6H3,(H,17,19). The van der Waals surface area contributed by atoms with Gasteiger partial charge in [-0.15, -0.1) is 0 Å². The second kappa shape index (κ2) is 8.05. The van der Waals surface area contributed by atoms with E-state index in [2.05, 4.69) is 61.9 Å². The summed E-state index contributed by atoms with van der Waals surface area (Å²) in [6.07, 6.45) is 4.14. The van der Waals surface area contributed by atoms with Crippen LogP contribution in [0.15, 0.2) is 15.6 Å². The van der Waals surface area contributed by atoms with Crippen LogP contribution in [-0.4, -0.2) is 36.0 Å². The van der Waals surface area contributed by atoms with Gasteiger partial charge in [0, 0.05) is 25.6 Å². The lowest BCUT2D eigenvalue weighted by Gasteiger charge is -2.21. The maximum absolute atomic E-state index is 5.77. The molecule has 5 nitrogen and oxygen atoms in total. The molecule has 0 atom stereocenters. The quantitative estimate of drug-likeness (QED) is 0.647. The fraction of sp³-hybridized carbons (Fsp3) is 0.750. The van der Waals surface area contributed by atoms with E-state index in [9.17, 15) is 0 Å². The highest BCUT2D eigenvalue weighted by atomic mass is 16.4. The molecule has 0 radical (unpaired) electrons. The third-order valence-electron chi connectivity index (χ3n) is 3.20. The second-order valence-corrected chi connectivity index (χ2v) is 6.31. The number of hydrogen-bond donors (Lipinski definition) is 1. The van der Waals surface area contributed by atoms with Gasteiger partial charge in [0.1, 0.15) is 12.3 Å². The molecule has 0 saturated heterocycles. The molecule has 0 saturated carbocycles. The highest BCUT2D eigenvalue weighted by Gasteiger charge is 2.19. The van der Waals surface area contributed by atoms with E-state index >= 15 is 0 Å². The molecule has 1 heterocycles. The Labute approximate surface area is 128 Å². The predicted octanol–water partition coefficient (Wildman–Crippen LogP) is 3.17. The molecule has 1 aromatic heterocycles. The first-order chi connectivity index (χ1) is 9.88. The second-order valence-electron chi connectivity index (χ2n) is 6.31. The van der Waals surface area contributed by atoms with Crippen LogP contribution < -0.4 is 5.32 Å². The third-order valence-corrected chi connectivity index (χ3v) is 3.20. The summed E-state index contributed by atoms with van der Waals surface area (Å²) in [5.41, 5.74) is -0.0165. The van der Waals surface area contributed by atoms with E-state index in [0.717, 1.165) is 31.2 Å². The monoisotopic (exact) mass is 294 g/mol. The molecule has 1 N–H and O–H groups in total. The number of hydrogen-bond acceptors (Lipinski definition) is 3. The van der Waals surface area contributed by atoms with Crippen LogP contribution in [0.1, 0.15) is 59.1 Å². The number of nitrogens with zero attached hydrogens (tertiary/aromatic N) is 3. The number of nitrogens with one attached hydrogen (secondary N) is 1. The van der Waals surface area contributed by atoms with Crippen LogP contribution in [0, 0.1) is 0 Å². The Morgan fingerprint density at radius 3 is 2.62 bits per heavy atom. The Hall–Kier alpha value is -1.52. The van der Waals surface area contributed by atoms with Gasteiger partial charge in [-0.1, -0.05) is 34.1 Å². The average molecular weight is 294 g/mol.